The summed E-state index contributed by atoms with van der Waals surface area (Å²) in [5.74, 6) is -0.492. The number of alkyl carbamates (subject to hydrolysis) is 1. The first-order chi connectivity index (χ1) is 11.7. The van der Waals surface area contributed by atoms with Crippen molar-refractivity contribution in [1.82, 2.24) is 5.32 Å². The molecule has 0 spiro atoms. The summed E-state index contributed by atoms with van der Waals surface area (Å²) in [6.45, 7) is 5.28. The van der Waals surface area contributed by atoms with Crippen LogP contribution in [-0.4, -0.2) is 23.0 Å². The number of ether oxygens (including phenoxy) is 1. The lowest BCUT2D eigenvalue weighted by Crippen LogP contribution is -2.42. The summed E-state index contributed by atoms with van der Waals surface area (Å²) < 4.78 is 5.22. The van der Waals surface area contributed by atoms with Crippen LogP contribution in [0, 0.1) is 0 Å². The molecule has 0 saturated heterocycles. The summed E-state index contributed by atoms with van der Waals surface area (Å²) in [5.41, 5.74) is 13.7. The number of carbonyl (C=O) groups excluding carboxylic acids is 1. The molecule has 0 heterocycles. The van der Waals surface area contributed by atoms with Crippen molar-refractivity contribution in [2.45, 2.75) is 38.5 Å². The predicted molar refractivity (Wildman–Crippen MR) is 98.9 cm³/mol. The van der Waals surface area contributed by atoms with Gasteiger partial charge < -0.3 is 21.3 Å². The molecular weight excluding hydrogens is 318 g/mol. The van der Waals surface area contributed by atoms with Gasteiger partial charge in [0.1, 0.15) is 11.8 Å². The summed E-state index contributed by atoms with van der Waals surface area (Å²) >= 11 is 0. The third-order valence-electron chi connectivity index (χ3n) is 3.57. The Balaban J connectivity index is 2.29. The van der Waals surface area contributed by atoms with Crippen molar-refractivity contribution >= 4 is 17.5 Å². The van der Waals surface area contributed by atoms with Gasteiger partial charge in [-0.3, -0.25) is 5.32 Å². The van der Waals surface area contributed by atoms with E-state index in [-0.39, 0.29) is 0 Å². The van der Waals surface area contributed by atoms with E-state index in [2.05, 4.69) is 5.32 Å². The lowest BCUT2D eigenvalue weighted by molar-refractivity contribution is 0.0331. The number of carbonyl (C=O) groups is 1. The highest BCUT2D eigenvalue weighted by atomic mass is 16.6. The molecule has 2 rings (SSSR count). The SMILES string of the molecule is CC(C)(C)OC(=O)NC(O)C(c1ccc(N)cc1)c1ccc(N)cc1. The lowest BCUT2D eigenvalue weighted by Gasteiger charge is -2.27. The zero-order chi connectivity index (χ0) is 18.6. The molecule has 25 heavy (non-hydrogen) atoms. The monoisotopic (exact) mass is 343 g/mol. The fourth-order valence-electron chi connectivity index (χ4n) is 2.48. The summed E-state index contributed by atoms with van der Waals surface area (Å²) in [6, 6.07) is 14.3. The van der Waals surface area contributed by atoms with Gasteiger partial charge in [-0.25, -0.2) is 4.79 Å². The van der Waals surface area contributed by atoms with Crippen LogP contribution in [0.25, 0.3) is 0 Å². The van der Waals surface area contributed by atoms with E-state index in [1.54, 1.807) is 45.0 Å². The smallest absolute Gasteiger partial charge is 0.409 e. The number of aliphatic hydroxyl groups is 1. The fraction of sp³-hybridized carbons (Fsp3) is 0.316. The van der Waals surface area contributed by atoms with Gasteiger partial charge >= 0.3 is 6.09 Å². The zero-order valence-corrected chi connectivity index (χ0v) is 14.7. The van der Waals surface area contributed by atoms with E-state index < -0.39 is 23.8 Å². The Hall–Kier alpha value is -2.73. The highest BCUT2D eigenvalue weighted by Gasteiger charge is 2.27. The number of nitrogen functional groups attached to an aromatic ring is 2. The van der Waals surface area contributed by atoms with Gasteiger partial charge in [-0.15, -0.1) is 0 Å². The van der Waals surface area contributed by atoms with Crippen molar-refractivity contribution in [2.24, 2.45) is 0 Å². The Morgan fingerprint density at radius 3 is 1.72 bits per heavy atom. The maximum atomic E-state index is 12.0. The highest BCUT2D eigenvalue weighted by molar-refractivity contribution is 5.68. The number of rotatable bonds is 4. The first-order valence-electron chi connectivity index (χ1n) is 8.04. The number of hydrogen-bond donors (Lipinski definition) is 4. The Kier molecular flexibility index (Phi) is 5.54. The van der Waals surface area contributed by atoms with Crippen molar-refractivity contribution in [3.8, 4) is 0 Å². The van der Waals surface area contributed by atoms with Gasteiger partial charge in [0.2, 0.25) is 0 Å². The predicted octanol–water partition coefficient (Wildman–Crippen LogP) is 2.83. The highest BCUT2D eigenvalue weighted by Crippen LogP contribution is 2.29. The van der Waals surface area contributed by atoms with Crippen LogP contribution in [-0.2, 0) is 4.74 Å². The summed E-state index contributed by atoms with van der Waals surface area (Å²) in [5, 5.41) is 13.1. The average Bonchev–Trinajstić information content (AvgIpc) is 2.49. The number of amides is 1. The van der Waals surface area contributed by atoms with Gasteiger partial charge in [0, 0.05) is 11.4 Å². The van der Waals surface area contributed by atoms with Crippen molar-refractivity contribution in [2.75, 3.05) is 11.5 Å². The standard InChI is InChI=1S/C19H25N3O3/c1-19(2,3)25-18(24)22-17(23)16(12-4-8-14(20)9-5-12)13-6-10-15(21)11-7-13/h4-11,16-17,23H,20-21H2,1-3H3,(H,22,24). The summed E-state index contributed by atoms with van der Waals surface area (Å²) in [6.07, 6.45) is -1.86. The second-order valence-electron chi connectivity index (χ2n) is 6.90. The Morgan fingerprint density at radius 1 is 0.960 bits per heavy atom. The van der Waals surface area contributed by atoms with Crippen molar-refractivity contribution in [1.29, 1.82) is 0 Å². The molecule has 0 radical (unpaired) electrons. The topological polar surface area (TPSA) is 111 Å². The number of hydrogen-bond acceptors (Lipinski definition) is 5. The van der Waals surface area contributed by atoms with Crippen LogP contribution in [0.2, 0.25) is 0 Å². The van der Waals surface area contributed by atoms with Gasteiger partial charge in [0.05, 0.1) is 5.92 Å². The van der Waals surface area contributed by atoms with Gasteiger partial charge in [0.15, 0.2) is 0 Å². The third kappa shape index (κ3) is 5.39. The molecule has 1 atom stereocenters. The first kappa shape index (κ1) is 18.6. The Labute approximate surface area is 147 Å². The molecule has 0 fully saturated rings. The van der Waals surface area contributed by atoms with Gasteiger partial charge in [-0.1, -0.05) is 24.3 Å². The molecule has 0 aliphatic rings. The normalized spacial score (nSPS) is 12.7. The molecule has 6 N–H and O–H groups in total. The number of aliphatic hydroxyl groups excluding tert-OH is 1. The molecule has 134 valence electrons. The molecule has 2 aromatic carbocycles. The number of nitrogens with two attached hydrogens (primary N) is 2. The van der Waals surface area contributed by atoms with E-state index in [4.69, 9.17) is 16.2 Å². The van der Waals surface area contributed by atoms with E-state index >= 15 is 0 Å². The zero-order valence-electron chi connectivity index (χ0n) is 14.7. The van der Waals surface area contributed by atoms with Crippen LogP contribution >= 0.6 is 0 Å². The average molecular weight is 343 g/mol. The van der Waals surface area contributed by atoms with Crippen molar-refractivity contribution in [3.63, 3.8) is 0 Å². The van der Waals surface area contributed by atoms with Gasteiger partial charge in [-0.05, 0) is 56.2 Å². The molecule has 6 nitrogen and oxygen atoms in total. The molecule has 1 amide bonds. The minimum Gasteiger partial charge on any atom is -0.444 e. The van der Waals surface area contributed by atoms with E-state index in [1.165, 1.54) is 0 Å². The van der Waals surface area contributed by atoms with Crippen LogP contribution in [0.1, 0.15) is 37.8 Å². The molecule has 0 aromatic heterocycles. The van der Waals surface area contributed by atoms with E-state index in [0.717, 1.165) is 11.1 Å². The molecule has 0 saturated carbocycles. The molecule has 6 heteroatoms. The molecule has 0 aliphatic heterocycles. The largest absolute Gasteiger partial charge is 0.444 e. The van der Waals surface area contributed by atoms with Gasteiger partial charge in [0.25, 0.3) is 0 Å². The molecule has 2 aromatic rings. The lowest BCUT2D eigenvalue weighted by atomic mass is 9.89. The van der Waals surface area contributed by atoms with Gasteiger partial charge in [-0.2, -0.15) is 0 Å². The summed E-state index contributed by atoms with van der Waals surface area (Å²) in [4.78, 5) is 12.0. The maximum absolute atomic E-state index is 12.0. The van der Waals surface area contributed by atoms with E-state index in [9.17, 15) is 9.90 Å². The third-order valence-corrected chi connectivity index (χ3v) is 3.57. The van der Waals surface area contributed by atoms with E-state index in [1.807, 2.05) is 24.3 Å². The van der Waals surface area contributed by atoms with Crippen LogP contribution in [0.5, 0.6) is 0 Å². The Morgan fingerprint density at radius 2 is 1.36 bits per heavy atom. The quantitative estimate of drug-likeness (QED) is 0.504. The maximum Gasteiger partial charge on any atom is 0.409 e. The van der Waals surface area contributed by atoms with Crippen LogP contribution in [0.3, 0.4) is 0 Å². The first-order valence-corrected chi connectivity index (χ1v) is 8.04. The minimum atomic E-state index is -1.18. The van der Waals surface area contributed by atoms with Crippen molar-refractivity contribution < 1.29 is 14.6 Å². The number of benzene rings is 2. The van der Waals surface area contributed by atoms with Crippen LogP contribution < -0.4 is 16.8 Å². The summed E-state index contributed by atoms with van der Waals surface area (Å²) in [7, 11) is 0. The van der Waals surface area contributed by atoms with Crippen LogP contribution in [0.4, 0.5) is 16.2 Å². The molecular formula is C19H25N3O3. The molecule has 1 unspecified atom stereocenters. The second-order valence-corrected chi connectivity index (χ2v) is 6.90. The molecule has 0 aliphatic carbocycles. The fourth-order valence-corrected chi connectivity index (χ4v) is 2.48. The second kappa shape index (κ2) is 7.44. The minimum absolute atomic E-state index is 0.492. The number of anilines is 2. The van der Waals surface area contributed by atoms with Crippen molar-refractivity contribution in [3.05, 3.63) is 59.7 Å². The Bertz CT molecular complexity index is 661. The van der Waals surface area contributed by atoms with Crippen LogP contribution in [0.15, 0.2) is 48.5 Å². The van der Waals surface area contributed by atoms with E-state index in [0.29, 0.717) is 11.4 Å². The molecule has 0 bridgehead atoms. The number of nitrogens with one attached hydrogen (secondary N) is 1.